The summed E-state index contributed by atoms with van der Waals surface area (Å²) in [5, 5.41) is 8.77. The van der Waals surface area contributed by atoms with Gasteiger partial charge in [0.2, 0.25) is 0 Å². The summed E-state index contributed by atoms with van der Waals surface area (Å²) in [5.41, 5.74) is 8.71. The van der Waals surface area contributed by atoms with Crippen LogP contribution in [-0.2, 0) is 11.4 Å². The van der Waals surface area contributed by atoms with E-state index in [1.807, 2.05) is 55.5 Å². The number of hydrogen-bond donors (Lipinski definition) is 2. The van der Waals surface area contributed by atoms with Gasteiger partial charge in [0.1, 0.15) is 12.4 Å². The van der Waals surface area contributed by atoms with Gasteiger partial charge in [0.25, 0.3) is 0 Å². The van der Waals surface area contributed by atoms with Gasteiger partial charge in [-0.2, -0.15) is 0 Å². The largest absolute Gasteiger partial charge is 0.489 e. The van der Waals surface area contributed by atoms with Gasteiger partial charge < -0.3 is 15.6 Å². The fourth-order valence-corrected chi connectivity index (χ4v) is 2.11. The van der Waals surface area contributed by atoms with Gasteiger partial charge in [-0.1, -0.05) is 42.5 Å². The summed E-state index contributed by atoms with van der Waals surface area (Å²) in [7, 11) is 0. The molecule has 2 aromatic rings. The maximum atomic E-state index is 10.7. The average Bonchev–Trinajstić information content (AvgIpc) is 2.46. The number of carboxylic acid groups (broad SMARTS) is 1. The molecule has 2 rings (SSSR count). The van der Waals surface area contributed by atoms with Gasteiger partial charge in [-0.15, -0.1) is 0 Å². The fourth-order valence-electron chi connectivity index (χ4n) is 2.11. The standard InChI is InChI=1S/C17H19NO3/c1-12-9-14(15(18)10-17(19)20)7-8-16(12)21-11-13-5-3-2-4-6-13/h2-9,15H,10-11,18H2,1H3,(H,19,20). The number of ether oxygens (including phenoxy) is 1. The van der Waals surface area contributed by atoms with Gasteiger partial charge in [0, 0.05) is 6.04 Å². The molecule has 0 aliphatic heterocycles. The summed E-state index contributed by atoms with van der Waals surface area (Å²) >= 11 is 0. The molecule has 0 saturated carbocycles. The van der Waals surface area contributed by atoms with Gasteiger partial charge in [-0.25, -0.2) is 0 Å². The van der Waals surface area contributed by atoms with Crippen molar-refractivity contribution in [2.24, 2.45) is 5.73 Å². The van der Waals surface area contributed by atoms with Crippen molar-refractivity contribution in [3.63, 3.8) is 0 Å². The third kappa shape index (κ3) is 4.33. The summed E-state index contributed by atoms with van der Waals surface area (Å²) in [5.74, 6) is -0.116. The van der Waals surface area contributed by atoms with Crippen molar-refractivity contribution in [1.29, 1.82) is 0 Å². The van der Waals surface area contributed by atoms with Crippen LogP contribution in [0.25, 0.3) is 0 Å². The van der Waals surface area contributed by atoms with E-state index in [1.54, 1.807) is 0 Å². The molecule has 0 aliphatic carbocycles. The Morgan fingerprint density at radius 2 is 1.95 bits per heavy atom. The van der Waals surface area contributed by atoms with Crippen molar-refractivity contribution in [1.82, 2.24) is 0 Å². The van der Waals surface area contributed by atoms with Crippen LogP contribution in [0.3, 0.4) is 0 Å². The highest BCUT2D eigenvalue weighted by atomic mass is 16.5. The van der Waals surface area contributed by atoms with Crippen LogP contribution in [0.2, 0.25) is 0 Å². The maximum absolute atomic E-state index is 10.7. The Balaban J connectivity index is 2.04. The number of hydrogen-bond acceptors (Lipinski definition) is 3. The molecule has 0 fully saturated rings. The Morgan fingerprint density at radius 3 is 2.57 bits per heavy atom. The first-order valence-corrected chi connectivity index (χ1v) is 6.81. The number of nitrogens with two attached hydrogens (primary N) is 1. The number of aliphatic carboxylic acids is 1. The van der Waals surface area contributed by atoms with Gasteiger partial charge in [0.15, 0.2) is 0 Å². The van der Waals surface area contributed by atoms with E-state index in [-0.39, 0.29) is 6.42 Å². The molecule has 4 nitrogen and oxygen atoms in total. The average molecular weight is 285 g/mol. The molecule has 1 atom stereocenters. The first-order valence-electron chi connectivity index (χ1n) is 6.81. The molecule has 0 aliphatic rings. The fraction of sp³-hybridized carbons (Fsp3) is 0.235. The molecule has 2 aromatic carbocycles. The second-order valence-corrected chi connectivity index (χ2v) is 5.00. The normalized spacial score (nSPS) is 11.9. The van der Waals surface area contributed by atoms with Crippen LogP contribution >= 0.6 is 0 Å². The predicted octanol–water partition coefficient (Wildman–Crippen LogP) is 3.05. The van der Waals surface area contributed by atoms with E-state index in [4.69, 9.17) is 15.6 Å². The molecular formula is C17H19NO3. The second kappa shape index (κ2) is 6.90. The molecule has 0 aromatic heterocycles. The van der Waals surface area contributed by atoms with Crippen molar-refractivity contribution in [3.8, 4) is 5.75 Å². The molecule has 0 spiro atoms. The number of aryl methyl sites for hydroxylation is 1. The zero-order valence-electron chi connectivity index (χ0n) is 12.0. The lowest BCUT2D eigenvalue weighted by molar-refractivity contribution is -0.137. The smallest absolute Gasteiger partial charge is 0.305 e. The van der Waals surface area contributed by atoms with Crippen molar-refractivity contribution in [2.45, 2.75) is 26.0 Å². The third-order valence-corrected chi connectivity index (χ3v) is 3.26. The van der Waals surface area contributed by atoms with E-state index in [0.29, 0.717) is 6.61 Å². The first-order chi connectivity index (χ1) is 10.1. The molecule has 0 radical (unpaired) electrons. The van der Waals surface area contributed by atoms with E-state index in [2.05, 4.69) is 0 Å². The molecule has 0 amide bonds. The van der Waals surface area contributed by atoms with E-state index >= 15 is 0 Å². The Labute approximate surface area is 124 Å². The molecule has 0 heterocycles. The molecule has 1 unspecified atom stereocenters. The molecular weight excluding hydrogens is 266 g/mol. The molecule has 0 bridgehead atoms. The van der Waals surface area contributed by atoms with Gasteiger partial charge in [0.05, 0.1) is 6.42 Å². The van der Waals surface area contributed by atoms with Crippen LogP contribution in [0, 0.1) is 6.92 Å². The minimum Gasteiger partial charge on any atom is -0.489 e. The summed E-state index contributed by atoms with van der Waals surface area (Å²) in [4.78, 5) is 10.7. The summed E-state index contributed by atoms with van der Waals surface area (Å²) in [6, 6.07) is 15.0. The quantitative estimate of drug-likeness (QED) is 0.855. The Bertz CT molecular complexity index is 611. The van der Waals surface area contributed by atoms with E-state index in [0.717, 1.165) is 22.4 Å². The SMILES string of the molecule is Cc1cc(C(N)CC(=O)O)ccc1OCc1ccccc1. The topological polar surface area (TPSA) is 72.6 Å². The lowest BCUT2D eigenvalue weighted by Gasteiger charge is -2.14. The Hall–Kier alpha value is -2.33. The number of carbonyl (C=O) groups is 1. The Kier molecular flexibility index (Phi) is 4.95. The summed E-state index contributed by atoms with van der Waals surface area (Å²) in [6.45, 7) is 2.43. The molecule has 110 valence electrons. The van der Waals surface area contributed by atoms with E-state index < -0.39 is 12.0 Å². The Morgan fingerprint density at radius 1 is 1.24 bits per heavy atom. The number of rotatable bonds is 6. The van der Waals surface area contributed by atoms with Gasteiger partial charge in [-0.05, 0) is 29.7 Å². The first kappa shape index (κ1) is 15.1. The second-order valence-electron chi connectivity index (χ2n) is 5.00. The minimum absolute atomic E-state index is 0.0797. The van der Waals surface area contributed by atoms with Crippen LogP contribution < -0.4 is 10.5 Å². The molecule has 3 N–H and O–H groups in total. The van der Waals surface area contributed by atoms with Crippen LogP contribution in [0.5, 0.6) is 5.75 Å². The lowest BCUT2D eigenvalue weighted by atomic mass is 10.0. The zero-order chi connectivity index (χ0) is 15.2. The molecule has 21 heavy (non-hydrogen) atoms. The maximum Gasteiger partial charge on any atom is 0.305 e. The highest BCUT2D eigenvalue weighted by molar-refractivity contribution is 5.68. The van der Waals surface area contributed by atoms with Crippen LogP contribution in [0.15, 0.2) is 48.5 Å². The summed E-state index contributed by atoms with van der Waals surface area (Å²) < 4.78 is 5.78. The molecule has 4 heteroatoms. The van der Waals surface area contributed by atoms with Gasteiger partial charge in [-0.3, -0.25) is 4.79 Å². The predicted molar refractivity (Wildman–Crippen MR) is 81.1 cm³/mol. The highest BCUT2D eigenvalue weighted by Gasteiger charge is 2.12. The van der Waals surface area contributed by atoms with E-state index in [9.17, 15) is 4.79 Å². The van der Waals surface area contributed by atoms with Crippen molar-refractivity contribution in [3.05, 3.63) is 65.2 Å². The summed E-state index contributed by atoms with van der Waals surface area (Å²) in [6.07, 6.45) is -0.0797. The number of benzene rings is 2. The monoisotopic (exact) mass is 285 g/mol. The highest BCUT2D eigenvalue weighted by Crippen LogP contribution is 2.24. The van der Waals surface area contributed by atoms with Crippen molar-refractivity contribution >= 4 is 5.97 Å². The van der Waals surface area contributed by atoms with Gasteiger partial charge >= 0.3 is 5.97 Å². The van der Waals surface area contributed by atoms with Crippen LogP contribution in [0.4, 0.5) is 0 Å². The molecule has 0 saturated heterocycles. The van der Waals surface area contributed by atoms with E-state index in [1.165, 1.54) is 0 Å². The zero-order valence-corrected chi connectivity index (χ0v) is 12.0. The van der Waals surface area contributed by atoms with Crippen LogP contribution in [0.1, 0.15) is 29.2 Å². The minimum atomic E-state index is -0.899. The van der Waals surface area contributed by atoms with Crippen molar-refractivity contribution < 1.29 is 14.6 Å². The van der Waals surface area contributed by atoms with Crippen molar-refractivity contribution in [2.75, 3.05) is 0 Å². The lowest BCUT2D eigenvalue weighted by Crippen LogP contribution is -2.15. The number of carboxylic acids is 1. The van der Waals surface area contributed by atoms with Crippen LogP contribution in [-0.4, -0.2) is 11.1 Å². The third-order valence-electron chi connectivity index (χ3n) is 3.26.